The summed E-state index contributed by atoms with van der Waals surface area (Å²) in [4.78, 5) is 12.2. The van der Waals surface area contributed by atoms with Crippen LogP contribution in [-0.2, 0) is 11.3 Å². The van der Waals surface area contributed by atoms with Crippen molar-refractivity contribution in [1.29, 1.82) is 0 Å². The maximum atomic E-state index is 13.7. The van der Waals surface area contributed by atoms with Gasteiger partial charge in [-0.05, 0) is 31.5 Å². The van der Waals surface area contributed by atoms with Crippen molar-refractivity contribution >= 4 is 23.4 Å². The first-order chi connectivity index (χ1) is 13.1. The number of nitrogens with one attached hydrogen (secondary N) is 1. The van der Waals surface area contributed by atoms with Gasteiger partial charge in [0.2, 0.25) is 5.91 Å². The lowest BCUT2D eigenvalue weighted by molar-refractivity contribution is -0.113. The Hall–Kier alpha value is -2.61. The second-order valence-electron chi connectivity index (χ2n) is 6.02. The average molecular weight is 388 g/mol. The van der Waals surface area contributed by atoms with Gasteiger partial charge in [0.25, 0.3) is 0 Å². The maximum Gasteiger partial charge on any atom is 0.234 e. The number of aromatic nitrogens is 3. The molecule has 0 radical (unpaired) electrons. The zero-order chi connectivity index (χ0) is 19.2. The number of furan rings is 1. The quantitative estimate of drug-likeness (QED) is 0.575. The fourth-order valence-electron chi connectivity index (χ4n) is 2.61. The van der Waals surface area contributed by atoms with Gasteiger partial charge in [-0.3, -0.25) is 4.79 Å². The molecular formula is C19H21FN4O2S. The molecule has 1 aromatic carbocycles. The molecular weight excluding hydrogens is 367 g/mol. The molecule has 0 unspecified atom stereocenters. The Balaban J connectivity index is 1.72. The molecule has 0 aliphatic rings. The number of amides is 1. The van der Waals surface area contributed by atoms with Gasteiger partial charge in [-0.2, -0.15) is 0 Å². The summed E-state index contributed by atoms with van der Waals surface area (Å²) >= 11 is 1.28. The number of carbonyl (C=O) groups excluding carboxylic acids is 1. The number of benzene rings is 1. The van der Waals surface area contributed by atoms with Gasteiger partial charge < -0.3 is 14.3 Å². The molecule has 0 saturated heterocycles. The summed E-state index contributed by atoms with van der Waals surface area (Å²) in [5.41, 5.74) is 1.06. The number of rotatable bonds is 8. The van der Waals surface area contributed by atoms with E-state index >= 15 is 0 Å². The van der Waals surface area contributed by atoms with Crippen LogP contribution in [0.1, 0.15) is 25.5 Å². The Morgan fingerprint density at radius 3 is 2.81 bits per heavy atom. The first-order valence-electron chi connectivity index (χ1n) is 8.75. The van der Waals surface area contributed by atoms with E-state index in [1.165, 1.54) is 23.9 Å². The molecule has 0 atom stereocenters. The van der Waals surface area contributed by atoms with Crippen LogP contribution in [0.3, 0.4) is 0 Å². The monoisotopic (exact) mass is 388 g/mol. The normalized spacial score (nSPS) is 10.9. The molecule has 8 heteroatoms. The predicted octanol–water partition coefficient (Wildman–Crippen LogP) is 4.52. The molecule has 0 spiro atoms. The van der Waals surface area contributed by atoms with E-state index in [1.54, 1.807) is 18.4 Å². The Kier molecular flexibility index (Phi) is 6.28. The number of halogens is 1. The molecule has 3 aromatic rings. The second kappa shape index (κ2) is 8.85. The number of nitrogens with zero attached hydrogens (tertiary/aromatic N) is 3. The van der Waals surface area contributed by atoms with Crippen LogP contribution in [0.2, 0.25) is 0 Å². The summed E-state index contributed by atoms with van der Waals surface area (Å²) in [7, 11) is 0. The molecule has 0 fully saturated rings. The summed E-state index contributed by atoms with van der Waals surface area (Å²) in [6, 6.07) is 7.95. The van der Waals surface area contributed by atoms with Gasteiger partial charge in [-0.15, -0.1) is 10.2 Å². The van der Waals surface area contributed by atoms with Crippen molar-refractivity contribution in [3.05, 3.63) is 48.2 Å². The molecule has 6 nitrogen and oxygen atoms in total. The summed E-state index contributed by atoms with van der Waals surface area (Å²) in [5, 5.41) is 11.8. The van der Waals surface area contributed by atoms with Gasteiger partial charge in [-0.1, -0.05) is 37.2 Å². The molecule has 0 aliphatic heterocycles. The molecule has 0 saturated carbocycles. The number of para-hydroxylation sites is 1. The van der Waals surface area contributed by atoms with Gasteiger partial charge in [0, 0.05) is 6.54 Å². The van der Waals surface area contributed by atoms with Crippen LogP contribution < -0.4 is 5.32 Å². The minimum absolute atomic E-state index is 0.114. The smallest absolute Gasteiger partial charge is 0.234 e. The zero-order valence-corrected chi connectivity index (χ0v) is 16.1. The van der Waals surface area contributed by atoms with Gasteiger partial charge in [-0.25, -0.2) is 4.39 Å². The molecule has 1 N–H and O–H groups in total. The van der Waals surface area contributed by atoms with E-state index in [2.05, 4.69) is 22.4 Å². The highest BCUT2D eigenvalue weighted by Crippen LogP contribution is 2.27. The first kappa shape index (κ1) is 19.2. The number of hydrogen-bond acceptors (Lipinski definition) is 5. The fourth-order valence-corrected chi connectivity index (χ4v) is 3.37. The van der Waals surface area contributed by atoms with Crippen LogP contribution >= 0.6 is 11.8 Å². The van der Waals surface area contributed by atoms with Gasteiger partial charge in [0.1, 0.15) is 11.6 Å². The van der Waals surface area contributed by atoms with E-state index in [-0.39, 0.29) is 17.3 Å². The summed E-state index contributed by atoms with van der Waals surface area (Å²) in [6.07, 6.45) is 3.62. The van der Waals surface area contributed by atoms with Crippen molar-refractivity contribution in [2.24, 2.45) is 0 Å². The van der Waals surface area contributed by atoms with Gasteiger partial charge in [0.05, 0.1) is 23.3 Å². The lowest BCUT2D eigenvalue weighted by atomic mass is 10.2. The number of carbonyl (C=O) groups is 1. The van der Waals surface area contributed by atoms with E-state index in [0.29, 0.717) is 5.16 Å². The average Bonchev–Trinajstić information content (AvgIpc) is 3.25. The maximum absolute atomic E-state index is 13.7. The summed E-state index contributed by atoms with van der Waals surface area (Å²) in [6.45, 7) is 4.74. The van der Waals surface area contributed by atoms with E-state index in [4.69, 9.17) is 4.42 Å². The van der Waals surface area contributed by atoms with Crippen molar-refractivity contribution in [2.45, 2.75) is 38.4 Å². The SMILES string of the molecule is CCCCn1c(SCC(=O)Nc2ccccc2F)nnc1-c1ccoc1C. The van der Waals surface area contributed by atoms with E-state index in [0.717, 1.165) is 36.5 Å². The van der Waals surface area contributed by atoms with Crippen LogP contribution in [0, 0.1) is 12.7 Å². The Morgan fingerprint density at radius 2 is 2.11 bits per heavy atom. The summed E-state index contributed by atoms with van der Waals surface area (Å²) in [5.74, 6) is 0.861. The molecule has 0 bridgehead atoms. The fraction of sp³-hybridized carbons (Fsp3) is 0.316. The highest BCUT2D eigenvalue weighted by molar-refractivity contribution is 7.99. The van der Waals surface area contributed by atoms with E-state index in [9.17, 15) is 9.18 Å². The number of unbranched alkanes of at least 4 members (excludes halogenated alkanes) is 1. The van der Waals surface area contributed by atoms with E-state index in [1.807, 2.05) is 17.6 Å². The molecule has 1 amide bonds. The second-order valence-corrected chi connectivity index (χ2v) is 6.96. The Bertz CT molecular complexity index is 922. The van der Waals surface area contributed by atoms with Crippen molar-refractivity contribution in [2.75, 3.05) is 11.1 Å². The lowest BCUT2D eigenvalue weighted by Crippen LogP contribution is -2.15. The topological polar surface area (TPSA) is 73.0 Å². The lowest BCUT2D eigenvalue weighted by Gasteiger charge is -2.09. The number of thioether (sulfide) groups is 1. The highest BCUT2D eigenvalue weighted by atomic mass is 32.2. The molecule has 2 aromatic heterocycles. The van der Waals surface area contributed by atoms with Gasteiger partial charge >= 0.3 is 0 Å². The largest absolute Gasteiger partial charge is 0.469 e. The summed E-state index contributed by atoms with van der Waals surface area (Å²) < 4.78 is 21.0. The third-order valence-corrected chi connectivity index (χ3v) is 5.00. The van der Waals surface area contributed by atoms with Crippen molar-refractivity contribution in [3.63, 3.8) is 0 Å². The molecule has 0 aliphatic carbocycles. The minimum Gasteiger partial charge on any atom is -0.469 e. The van der Waals surface area contributed by atoms with Crippen molar-refractivity contribution in [1.82, 2.24) is 14.8 Å². The first-order valence-corrected chi connectivity index (χ1v) is 9.73. The number of anilines is 1. The Labute approximate surface area is 161 Å². The van der Waals surface area contributed by atoms with Crippen LogP contribution in [0.4, 0.5) is 10.1 Å². The molecule has 142 valence electrons. The number of aryl methyl sites for hydroxylation is 1. The van der Waals surface area contributed by atoms with Gasteiger partial charge in [0.15, 0.2) is 11.0 Å². The minimum atomic E-state index is -0.459. The van der Waals surface area contributed by atoms with Crippen molar-refractivity contribution < 1.29 is 13.6 Å². The standard InChI is InChI=1S/C19H21FN4O2S/c1-3-4-10-24-18(14-9-11-26-13(14)2)22-23-19(24)27-12-17(25)21-16-8-6-5-7-15(16)20/h5-9,11H,3-4,10,12H2,1-2H3,(H,21,25). The van der Waals surface area contributed by atoms with E-state index < -0.39 is 5.82 Å². The third-order valence-electron chi connectivity index (χ3n) is 4.03. The Morgan fingerprint density at radius 1 is 1.30 bits per heavy atom. The number of hydrogen-bond donors (Lipinski definition) is 1. The van der Waals surface area contributed by atoms with Crippen LogP contribution in [0.15, 0.2) is 46.2 Å². The van der Waals surface area contributed by atoms with Crippen molar-refractivity contribution in [3.8, 4) is 11.4 Å². The molecule has 27 heavy (non-hydrogen) atoms. The van der Waals surface area contributed by atoms with Crippen LogP contribution in [0.5, 0.6) is 0 Å². The molecule has 3 rings (SSSR count). The van der Waals surface area contributed by atoms with Crippen LogP contribution in [0.25, 0.3) is 11.4 Å². The molecule has 2 heterocycles. The predicted molar refractivity (Wildman–Crippen MR) is 103 cm³/mol. The zero-order valence-electron chi connectivity index (χ0n) is 15.2. The highest BCUT2D eigenvalue weighted by Gasteiger charge is 2.18. The van der Waals surface area contributed by atoms with Crippen LogP contribution in [-0.4, -0.2) is 26.4 Å². The third kappa shape index (κ3) is 4.57.